The maximum absolute atomic E-state index is 13.6. The summed E-state index contributed by atoms with van der Waals surface area (Å²) in [5, 5.41) is 1.92. The Labute approximate surface area is 175 Å². The summed E-state index contributed by atoms with van der Waals surface area (Å²) < 4.78 is 52.8. The molecular weight excluding hydrogens is 394 g/mol. The van der Waals surface area contributed by atoms with Gasteiger partial charge in [-0.25, -0.2) is 9.40 Å². The lowest BCUT2D eigenvalue weighted by Crippen LogP contribution is -2.45. The summed E-state index contributed by atoms with van der Waals surface area (Å²) in [6, 6.07) is 7.30. The fourth-order valence-electron chi connectivity index (χ4n) is 3.97. The number of halogens is 4. The van der Waals surface area contributed by atoms with Crippen LogP contribution in [0, 0.1) is 19.7 Å². The van der Waals surface area contributed by atoms with Gasteiger partial charge in [0.15, 0.2) is 0 Å². The van der Waals surface area contributed by atoms with Crippen molar-refractivity contribution in [3.05, 3.63) is 58.4 Å². The number of hydrazine groups is 1. The number of rotatable bonds is 7. The summed E-state index contributed by atoms with van der Waals surface area (Å²) in [5.41, 5.74) is 6.99. The molecule has 164 valence electrons. The predicted octanol–water partition coefficient (Wildman–Crippen LogP) is 6.47. The molecule has 1 saturated heterocycles. The number of benzene rings is 2. The highest BCUT2D eigenvalue weighted by molar-refractivity contribution is 5.64. The van der Waals surface area contributed by atoms with Crippen molar-refractivity contribution >= 4 is 11.4 Å². The third-order valence-corrected chi connectivity index (χ3v) is 5.72. The SMILES string of the molecule is CCCN(CC)c1cc(C)c(NN2CCC2c2ccc(F)c(C(F)(F)F)c2)cc1C. The van der Waals surface area contributed by atoms with Gasteiger partial charge in [0.25, 0.3) is 0 Å². The van der Waals surface area contributed by atoms with Crippen LogP contribution in [0.5, 0.6) is 0 Å². The van der Waals surface area contributed by atoms with Gasteiger partial charge in [0, 0.05) is 25.3 Å². The number of hydrogen-bond acceptors (Lipinski definition) is 3. The molecule has 1 aliphatic heterocycles. The largest absolute Gasteiger partial charge is 0.419 e. The molecule has 0 aliphatic carbocycles. The molecular formula is C23H29F4N3. The van der Waals surface area contributed by atoms with Gasteiger partial charge in [0.05, 0.1) is 17.3 Å². The number of hydrogen-bond donors (Lipinski definition) is 1. The molecule has 0 radical (unpaired) electrons. The van der Waals surface area contributed by atoms with E-state index in [4.69, 9.17) is 0 Å². The lowest BCUT2D eigenvalue weighted by molar-refractivity contribution is -0.140. The van der Waals surface area contributed by atoms with E-state index in [-0.39, 0.29) is 6.04 Å². The lowest BCUT2D eigenvalue weighted by atomic mass is 9.95. The van der Waals surface area contributed by atoms with Gasteiger partial charge in [-0.3, -0.25) is 0 Å². The predicted molar refractivity (Wildman–Crippen MR) is 113 cm³/mol. The van der Waals surface area contributed by atoms with Crippen LogP contribution >= 0.6 is 0 Å². The normalized spacial score (nSPS) is 17.0. The van der Waals surface area contributed by atoms with Gasteiger partial charge in [-0.2, -0.15) is 13.2 Å². The van der Waals surface area contributed by atoms with E-state index >= 15 is 0 Å². The Hall–Kier alpha value is -2.28. The maximum atomic E-state index is 13.6. The van der Waals surface area contributed by atoms with Crippen molar-refractivity contribution in [2.45, 2.75) is 52.8 Å². The highest BCUT2D eigenvalue weighted by atomic mass is 19.4. The summed E-state index contributed by atoms with van der Waals surface area (Å²) in [4.78, 5) is 2.34. The molecule has 1 unspecified atom stereocenters. The van der Waals surface area contributed by atoms with Crippen LogP contribution in [0.1, 0.15) is 55.0 Å². The van der Waals surface area contributed by atoms with Crippen molar-refractivity contribution in [2.75, 3.05) is 30.0 Å². The minimum atomic E-state index is -4.70. The molecule has 0 spiro atoms. The zero-order valence-corrected chi connectivity index (χ0v) is 17.9. The first-order valence-electron chi connectivity index (χ1n) is 10.4. The summed E-state index contributed by atoms with van der Waals surface area (Å²) >= 11 is 0. The first-order valence-corrected chi connectivity index (χ1v) is 10.4. The van der Waals surface area contributed by atoms with E-state index < -0.39 is 17.6 Å². The van der Waals surface area contributed by atoms with Crippen LogP contribution < -0.4 is 10.3 Å². The number of anilines is 2. The molecule has 0 aromatic heterocycles. The Balaban J connectivity index is 1.80. The Morgan fingerprint density at radius 1 is 1.10 bits per heavy atom. The van der Waals surface area contributed by atoms with E-state index in [1.807, 2.05) is 11.9 Å². The summed E-state index contributed by atoms with van der Waals surface area (Å²) in [7, 11) is 0. The van der Waals surface area contributed by atoms with Gasteiger partial charge >= 0.3 is 6.18 Å². The van der Waals surface area contributed by atoms with Crippen LogP contribution in [-0.4, -0.2) is 24.6 Å². The highest BCUT2D eigenvalue weighted by Gasteiger charge is 2.37. The molecule has 7 heteroatoms. The molecule has 2 aromatic carbocycles. The van der Waals surface area contributed by atoms with Crippen molar-refractivity contribution in [1.29, 1.82) is 0 Å². The minimum absolute atomic E-state index is 0.224. The van der Waals surface area contributed by atoms with E-state index in [2.05, 4.69) is 43.2 Å². The van der Waals surface area contributed by atoms with Gasteiger partial charge < -0.3 is 10.3 Å². The third kappa shape index (κ3) is 4.56. The second-order valence-electron chi connectivity index (χ2n) is 7.88. The second-order valence-corrected chi connectivity index (χ2v) is 7.88. The van der Waals surface area contributed by atoms with Crippen LogP contribution in [-0.2, 0) is 6.18 Å². The first kappa shape index (κ1) is 22.4. The molecule has 0 bridgehead atoms. The van der Waals surface area contributed by atoms with E-state index in [0.717, 1.165) is 48.5 Å². The average Bonchev–Trinajstić information content (AvgIpc) is 2.66. The van der Waals surface area contributed by atoms with E-state index in [1.165, 1.54) is 11.8 Å². The van der Waals surface area contributed by atoms with Gasteiger partial charge in [0.1, 0.15) is 5.82 Å². The van der Waals surface area contributed by atoms with Gasteiger partial charge in [0.2, 0.25) is 0 Å². The summed E-state index contributed by atoms with van der Waals surface area (Å²) in [5.74, 6) is -1.24. The zero-order chi connectivity index (χ0) is 22.1. The molecule has 3 nitrogen and oxygen atoms in total. The standard InChI is InChI=1S/C23H29F4N3/c1-5-10-29(6-2)22-13-15(3)20(12-16(22)4)28-30-11-9-21(30)17-7-8-19(24)18(14-17)23(25,26)27/h7-8,12-14,21,28H,5-6,9-11H2,1-4H3. The molecule has 3 rings (SSSR count). The summed E-state index contributed by atoms with van der Waals surface area (Å²) in [6.07, 6.45) is -2.92. The number of alkyl halides is 3. The van der Waals surface area contributed by atoms with Crippen molar-refractivity contribution < 1.29 is 17.6 Å². The fraction of sp³-hybridized carbons (Fsp3) is 0.478. The Bertz CT molecular complexity index is 895. The molecule has 1 atom stereocenters. The van der Waals surface area contributed by atoms with Crippen LogP contribution in [0.25, 0.3) is 0 Å². The lowest BCUT2D eigenvalue weighted by Gasteiger charge is -2.42. The minimum Gasteiger partial charge on any atom is -0.372 e. The van der Waals surface area contributed by atoms with Gasteiger partial charge in [-0.05, 0) is 74.6 Å². The number of nitrogens with zero attached hydrogens (tertiary/aromatic N) is 2. The molecule has 1 heterocycles. The molecule has 1 N–H and O–H groups in total. The van der Waals surface area contributed by atoms with Gasteiger partial charge in [-0.15, -0.1) is 0 Å². The van der Waals surface area contributed by atoms with Crippen LogP contribution in [0.3, 0.4) is 0 Å². The summed E-state index contributed by atoms with van der Waals surface area (Å²) in [6.45, 7) is 11.0. The van der Waals surface area contributed by atoms with Gasteiger partial charge in [-0.1, -0.05) is 13.0 Å². The molecule has 30 heavy (non-hydrogen) atoms. The molecule has 1 aliphatic rings. The third-order valence-electron chi connectivity index (χ3n) is 5.72. The molecule has 1 fully saturated rings. The molecule has 0 amide bonds. The van der Waals surface area contributed by atoms with E-state index in [1.54, 1.807) is 0 Å². The quantitative estimate of drug-likeness (QED) is 0.515. The Morgan fingerprint density at radius 2 is 1.83 bits per heavy atom. The zero-order valence-electron chi connectivity index (χ0n) is 17.9. The van der Waals surface area contributed by atoms with Crippen molar-refractivity contribution in [3.8, 4) is 0 Å². The topological polar surface area (TPSA) is 18.5 Å². The Kier molecular flexibility index (Phi) is 6.60. The fourth-order valence-corrected chi connectivity index (χ4v) is 3.97. The van der Waals surface area contributed by atoms with Crippen molar-refractivity contribution in [2.24, 2.45) is 0 Å². The van der Waals surface area contributed by atoms with E-state index in [0.29, 0.717) is 18.5 Å². The number of nitrogens with one attached hydrogen (secondary N) is 1. The van der Waals surface area contributed by atoms with Crippen LogP contribution in [0.15, 0.2) is 30.3 Å². The maximum Gasteiger partial charge on any atom is 0.419 e. The highest BCUT2D eigenvalue weighted by Crippen LogP contribution is 2.39. The monoisotopic (exact) mass is 423 g/mol. The van der Waals surface area contributed by atoms with Crippen molar-refractivity contribution in [3.63, 3.8) is 0 Å². The molecule has 2 aromatic rings. The molecule has 0 saturated carbocycles. The Morgan fingerprint density at radius 3 is 2.40 bits per heavy atom. The van der Waals surface area contributed by atoms with Crippen molar-refractivity contribution in [1.82, 2.24) is 5.01 Å². The first-order chi connectivity index (χ1) is 14.2. The van der Waals surface area contributed by atoms with E-state index in [9.17, 15) is 17.6 Å². The number of aryl methyl sites for hydroxylation is 2. The van der Waals surface area contributed by atoms with Crippen LogP contribution in [0.4, 0.5) is 28.9 Å². The second kappa shape index (κ2) is 8.84. The average molecular weight is 423 g/mol. The van der Waals surface area contributed by atoms with Crippen LogP contribution in [0.2, 0.25) is 0 Å². The smallest absolute Gasteiger partial charge is 0.372 e.